The fraction of sp³-hybridized carbons (Fsp3) is 0.520. The van der Waals surface area contributed by atoms with Crippen molar-refractivity contribution in [3.8, 4) is 0 Å². The van der Waals surface area contributed by atoms with Crippen molar-refractivity contribution >= 4 is 89.5 Å². The van der Waals surface area contributed by atoms with Crippen LogP contribution in [0.15, 0.2) is 54.6 Å². The van der Waals surface area contributed by atoms with E-state index in [0.717, 1.165) is 82.9 Å². The van der Waals surface area contributed by atoms with Crippen LogP contribution in [0.3, 0.4) is 0 Å². The number of carbonyl (C=O) groups excluding carboxylic acids is 6. The number of nitrogens with zero attached hydrogens (tertiary/aromatic N) is 3. The van der Waals surface area contributed by atoms with Gasteiger partial charge < -0.3 is 25.8 Å². The molecule has 5 aliphatic rings. The molecule has 2 radical (unpaired) electrons. The highest BCUT2D eigenvalue weighted by Crippen LogP contribution is 2.58. The van der Waals surface area contributed by atoms with Crippen molar-refractivity contribution < 1.29 is 33.2 Å². The summed E-state index contributed by atoms with van der Waals surface area (Å²) in [5.74, 6) is -2.32. The Morgan fingerprint density at radius 1 is 0.925 bits per heavy atom. The van der Waals surface area contributed by atoms with Crippen LogP contribution in [0.1, 0.15) is 120 Å². The normalized spacial score (nSPS) is 24.3. The maximum atomic E-state index is 15.3. The maximum Gasteiger partial charge on any atom is 0.249 e. The minimum Gasteiger partial charge on any atom is -0.368 e. The number of halogens is 3. The molecule has 6 amide bonds. The summed E-state index contributed by atoms with van der Waals surface area (Å²) in [5.41, 5.74) is 7.39. The van der Waals surface area contributed by atoms with Crippen LogP contribution in [0.4, 0.5) is 21.5 Å². The standard InChI is InChI=1S/C26H35BN4O4.C24H26Cl2FN3O2/c1-29(16-32)22-15-19(14-20(27)24(22)30(2)21-8-9-23(33)28-25(21)34)17-10-12-31(13-11-17)26(35)18-6-4-3-5-7-18;1-23(22(32)29-15-8-5-7-14(25)13-15)18(16-9-6-10-17(26)19(16)27)20(21(28)31)30-24(23)11-3-2-4-12-24/h14-18,21H,3-13H2,1-2H3,(H,28,33,34);5-10,13,18,20,30H,2-4,11-12H2,1H3,(H2,28,31)(H,29,32)/t;18?,20-,23?/m.1/s1. The molecule has 8 rings (SSSR count). The highest BCUT2D eigenvalue weighted by molar-refractivity contribution is 6.37. The minimum atomic E-state index is -1.18. The van der Waals surface area contributed by atoms with Gasteiger partial charge in [-0.3, -0.25) is 39.4 Å². The summed E-state index contributed by atoms with van der Waals surface area (Å²) in [5, 5.41) is 9.17. The lowest BCUT2D eigenvalue weighted by Crippen LogP contribution is -2.58. The van der Waals surface area contributed by atoms with Crippen molar-refractivity contribution in [2.24, 2.45) is 17.1 Å². The maximum absolute atomic E-state index is 15.3. The van der Waals surface area contributed by atoms with E-state index >= 15 is 4.39 Å². The van der Waals surface area contributed by atoms with E-state index in [-0.39, 0.29) is 46.6 Å². The summed E-state index contributed by atoms with van der Waals surface area (Å²) in [7, 11) is 9.96. The van der Waals surface area contributed by atoms with E-state index in [1.165, 1.54) is 17.4 Å². The van der Waals surface area contributed by atoms with Gasteiger partial charge in [0.05, 0.1) is 27.9 Å². The molecule has 67 heavy (non-hydrogen) atoms. The smallest absolute Gasteiger partial charge is 0.249 e. The Bertz CT molecular complexity index is 2370. The third-order valence-corrected chi connectivity index (χ3v) is 15.7. The molecule has 3 aliphatic heterocycles. The first-order chi connectivity index (χ1) is 32.0. The minimum absolute atomic E-state index is 0.0621. The van der Waals surface area contributed by atoms with E-state index in [1.807, 2.05) is 17.0 Å². The number of amides is 6. The van der Waals surface area contributed by atoms with Crippen molar-refractivity contribution in [3.63, 3.8) is 0 Å². The second kappa shape index (κ2) is 21.1. The number of likely N-dealkylation sites (N-methyl/N-ethyl adjacent to an activating group) is 1. The molecule has 1 spiro atoms. The number of hydrogen-bond donors (Lipinski definition) is 4. The summed E-state index contributed by atoms with van der Waals surface area (Å²) in [6.07, 6.45) is 12.8. The van der Waals surface area contributed by atoms with Crippen molar-refractivity contribution in [3.05, 3.63) is 81.6 Å². The van der Waals surface area contributed by atoms with Crippen LogP contribution in [0.2, 0.25) is 10.0 Å². The van der Waals surface area contributed by atoms with Crippen LogP contribution < -0.4 is 36.9 Å². The van der Waals surface area contributed by atoms with E-state index < -0.39 is 40.7 Å². The molecule has 3 aromatic carbocycles. The van der Waals surface area contributed by atoms with E-state index in [0.29, 0.717) is 52.7 Å². The van der Waals surface area contributed by atoms with E-state index in [1.54, 1.807) is 62.3 Å². The summed E-state index contributed by atoms with van der Waals surface area (Å²) in [6, 6.07) is 13.9. The van der Waals surface area contributed by atoms with Gasteiger partial charge in [-0.1, -0.05) is 91.5 Å². The van der Waals surface area contributed by atoms with Gasteiger partial charge >= 0.3 is 0 Å². The first-order valence-electron chi connectivity index (χ1n) is 23.5. The lowest BCUT2D eigenvalue weighted by atomic mass is 9.58. The number of likely N-dealkylation sites (tertiary alicyclic amines) is 1. The molecular weight excluding hydrogens is 895 g/mol. The predicted molar refractivity (Wildman–Crippen MR) is 260 cm³/mol. The van der Waals surface area contributed by atoms with Crippen LogP contribution in [-0.2, 0) is 28.8 Å². The van der Waals surface area contributed by atoms with E-state index in [4.69, 9.17) is 36.8 Å². The van der Waals surface area contributed by atoms with Crippen LogP contribution >= 0.6 is 23.2 Å². The second-order valence-corrected chi connectivity index (χ2v) is 20.0. The SMILES string of the molecule is CC1(C(=O)Nc2cccc(Cl)c2)C(c2cccc(Cl)c2F)[C@H](C(N)=O)NC12CCCCC2.[B]c1cc(C2CCN(C(=O)C3CCCCC3)CC2)cc(N(C)C=O)c1N(C)C1CCC(=O)NC1=O. The second-order valence-electron chi connectivity index (χ2n) is 19.2. The zero-order valence-electron chi connectivity index (χ0n) is 38.6. The van der Waals surface area contributed by atoms with Crippen LogP contribution in [-0.4, -0.2) is 93.5 Å². The van der Waals surface area contributed by atoms with E-state index in [2.05, 4.69) is 16.0 Å². The van der Waals surface area contributed by atoms with Gasteiger partial charge in [0, 0.05) is 61.7 Å². The van der Waals surface area contributed by atoms with Crippen molar-refractivity contribution in [2.75, 3.05) is 42.3 Å². The molecule has 17 heteroatoms. The molecule has 2 aliphatic carbocycles. The van der Waals surface area contributed by atoms with Gasteiger partial charge in [0.15, 0.2) is 0 Å². The number of hydrogen-bond acceptors (Lipinski definition) is 8. The molecule has 3 saturated heterocycles. The molecule has 13 nitrogen and oxygen atoms in total. The average molecular weight is 957 g/mol. The average Bonchev–Trinajstić information content (AvgIpc) is 3.57. The molecule has 3 heterocycles. The van der Waals surface area contributed by atoms with Gasteiger partial charge in [-0.25, -0.2) is 4.39 Å². The number of primary amides is 1. The number of nitrogens with one attached hydrogen (secondary N) is 3. The van der Waals surface area contributed by atoms with Gasteiger partial charge in [-0.15, -0.1) is 0 Å². The molecule has 0 bridgehead atoms. The molecule has 2 saturated carbocycles. The zero-order chi connectivity index (χ0) is 48.2. The van der Waals surface area contributed by atoms with Gasteiger partial charge in [0.25, 0.3) is 0 Å². The molecular formula is C50H61BCl2FN7O6. The molecule has 0 aromatic heterocycles. The highest BCUT2D eigenvalue weighted by Gasteiger charge is 2.66. The first-order valence-corrected chi connectivity index (χ1v) is 24.3. The number of imide groups is 1. The summed E-state index contributed by atoms with van der Waals surface area (Å²) in [4.78, 5) is 80.5. The number of rotatable bonds is 10. The number of nitrogens with two attached hydrogens (primary N) is 1. The zero-order valence-corrected chi connectivity index (χ0v) is 40.1. The topological polar surface area (TPSA) is 174 Å². The monoisotopic (exact) mass is 955 g/mol. The summed E-state index contributed by atoms with van der Waals surface area (Å²) >= 11 is 12.2. The Hall–Kier alpha value is -4.99. The van der Waals surface area contributed by atoms with Gasteiger partial charge in [-0.2, -0.15) is 0 Å². The molecule has 356 valence electrons. The van der Waals surface area contributed by atoms with E-state index in [9.17, 15) is 28.8 Å². The lowest BCUT2D eigenvalue weighted by molar-refractivity contribution is -0.138. The van der Waals surface area contributed by atoms with Crippen molar-refractivity contribution in [2.45, 2.75) is 126 Å². The fourth-order valence-corrected chi connectivity index (χ4v) is 11.9. The third-order valence-electron chi connectivity index (χ3n) is 15.2. The lowest BCUT2D eigenvalue weighted by Gasteiger charge is -2.47. The fourth-order valence-electron chi connectivity index (χ4n) is 11.5. The molecule has 5 N–H and O–H groups in total. The number of benzene rings is 3. The van der Waals surface area contributed by atoms with Gasteiger partial charge in [0.2, 0.25) is 35.9 Å². The Labute approximate surface area is 403 Å². The van der Waals surface area contributed by atoms with Crippen LogP contribution in [0.5, 0.6) is 0 Å². The third kappa shape index (κ3) is 10.2. The highest BCUT2D eigenvalue weighted by atomic mass is 35.5. The Kier molecular flexibility index (Phi) is 15.7. The summed E-state index contributed by atoms with van der Waals surface area (Å²) in [6.45, 7) is 3.27. The van der Waals surface area contributed by atoms with Gasteiger partial charge in [0.1, 0.15) is 19.7 Å². The number of anilines is 3. The molecule has 3 unspecified atom stereocenters. The Morgan fingerprint density at radius 3 is 2.24 bits per heavy atom. The summed E-state index contributed by atoms with van der Waals surface area (Å²) < 4.78 is 15.3. The number of carbonyl (C=O) groups is 6. The van der Waals surface area contributed by atoms with Crippen LogP contribution in [0.25, 0.3) is 0 Å². The Morgan fingerprint density at radius 2 is 1.60 bits per heavy atom. The molecule has 4 atom stereocenters. The number of piperidine rings is 2. The predicted octanol–water partition coefficient (Wildman–Crippen LogP) is 6.62. The quantitative estimate of drug-likeness (QED) is 0.0997. The molecule has 3 aromatic rings. The van der Waals surface area contributed by atoms with Crippen LogP contribution in [0, 0.1) is 17.2 Å². The van der Waals surface area contributed by atoms with Crippen molar-refractivity contribution in [1.29, 1.82) is 0 Å². The molecule has 5 fully saturated rings. The largest absolute Gasteiger partial charge is 0.368 e. The Balaban J connectivity index is 0.000000200. The first kappa shape index (κ1) is 49.9. The van der Waals surface area contributed by atoms with Crippen molar-refractivity contribution in [1.82, 2.24) is 15.5 Å². The van der Waals surface area contributed by atoms with Gasteiger partial charge in [-0.05, 0) is 99.2 Å².